The Morgan fingerprint density at radius 3 is 2.87 bits per heavy atom. The first-order valence-corrected chi connectivity index (χ1v) is 10.2. The van der Waals surface area contributed by atoms with Gasteiger partial charge in [-0.25, -0.2) is 4.79 Å². The van der Waals surface area contributed by atoms with Crippen molar-refractivity contribution in [2.45, 2.75) is 26.2 Å². The molecule has 1 atom stereocenters. The van der Waals surface area contributed by atoms with Crippen LogP contribution in [0.3, 0.4) is 0 Å². The predicted octanol–water partition coefficient (Wildman–Crippen LogP) is 4.54. The van der Waals surface area contributed by atoms with Gasteiger partial charge >= 0.3 is 6.03 Å². The molecule has 7 nitrogen and oxygen atoms in total. The van der Waals surface area contributed by atoms with E-state index in [-0.39, 0.29) is 11.9 Å². The summed E-state index contributed by atoms with van der Waals surface area (Å²) < 4.78 is 10.8. The molecule has 1 saturated heterocycles. The number of anilines is 1. The highest BCUT2D eigenvalue weighted by Gasteiger charge is 2.26. The number of methoxy groups -OCH3 is 1. The van der Waals surface area contributed by atoms with Crippen molar-refractivity contribution in [2.24, 2.45) is 5.92 Å². The first kappa shape index (κ1) is 19.9. The Bertz CT molecular complexity index is 1020. The molecule has 1 aliphatic rings. The van der Waals surface area contributed by atoms with E-state index in [4.69, 9.17) is 9.26 Å². The second-order valence-electron chi connectivity index (χ2n) is 7.62. The number of aryl methyl sites for hydroxylation is 1. The molecule has 2 aromatic carbocycles. The van der Waals surface area contributed by atoms with Crippen LogP contribution < -0.4 is 10.1 Å². The summed E-state index contributed by atoms with van der Waals surface area (Å²) in [6, 6.07) is 15.3. The zero-order valence-corrected chi connectivity index (χ0v) is 17.3. The molecule has 1 fully saturated rings. The maximum atomic E-state index is 12.8. The number of aromatic nitrogens is 2. The van der Waals surface area contributed by atoms with Gasteiger partial charge in [-0.05, 0) is 43.4 Å². The summed E-state index contributed by atoms with van der Waals surface area (Å²) in [5.74, 6) is 2.16. The molecule has 1 aliphatic heterocycles. The lowest BCUT2D eigenvalue weighted by molar-refractivity contribution is 0.173. The SMILES string of the molecule is COc1ccccc1NC(=O)N1CCCC(Cc2nc(-c3ccccc3C)no2)C1. The number of carbonyl (C=O) groups is 1. The minimum atomic E-state index is -0.115. The number of para-hydroxylation sites is 2. The fraction of sp³-hybridized carbons (Fsp3) is 0.348. The summed E-state index contributed by atoms with van der Waals surface area (Å²) in [5.41, 5.74) is 2.77. The molecule has 1 unspecified atom stereocenters. The molecule has 0 spiro atoms. The van der Waals surface area contributed by atoms with E-state index in [1.54, 1.807) is 7.11 Å². The van der Waals surface area contributed by atoms with Crippen LogP contribution in [0.15, 0.2) is 53.1 Å². The summed E-state index contributed by atoms with van der Waals surface area (Å²) >= 11 is 0. The van der Waals surface area contributed by atoms with Crippen molar-refractivity contribution in [3.63, 3.8) is 0 Å². The van der Waals surface area contributed by atoms with Crippen LogP contribution in [0.2, 0.25) is 0 Å². The average Bonchev–Trinajstić information content (AvgIpc) is 3.22. The van der Waals surface area contributed by atoms with Crippen LogP contribution in [0, 0.1) is 12.8 Å². The number of rotatable bonds is 5. The number of likely N-dealkylation sites (tertiary alicyclic amines) is 1. The maximum Gasteiger partial charge on any atom is 0.321 e. The lowest BCUT2D eigenvalue weighted by atomic mass is 9.95. The van der Waals surface area contributed by atoms with E-state index in [9.17, 15) is 4.79 Å². The molecule has 2 amide bonds. The number of ether oxygens (including phenoxy) is 1. The Hall–Kier alpha value is -3.35. The number of hydrogen-bond donors (Lipinski definition) is 1. The number of urea groups is 1. The smallest absolute Gasteiger partial charge is 0.321 e. The topological polar surface area (TPSA) is 80.5 Å². The van der Waals surface area contributed by atoms with Crippen LogP contribution in [0.25, 0.3) is 11.4 Å². The van der Waals surface area contributed by atoms with E-state index >= 15 is 0 Å². The molecular weight excluding hydrogens is 380 g/mol. The van der Waals surface area contributed by atoms with Crippen LogP contribution in [-0.4, -0.2) is 41.3 Å². The number of benzene rings is 2. The third kappa shape index (κ3) is 4.45. The minimum absolute atomic E-state index is 0.115. The maximum absolute atomic E-state index is 12.8. The Balaban J connectivity index is 1.39. The van der Waals surface area contributed by atoms with Gasteiger partial charge in [-0.1, -0.05) is 41.6 Å². The summed E-state index contributed by atoms with van der Waals surface area (Å²) in [5, 5.41) is 7.11. The second kappa shape index (κ2) is 8.98. The van der Waals surface area contributed by atoms with E-state index in [1.807, 2.05) is 60.4 Å². The van der Waals surface area contributed by atoms with Gasteiger partial charge in [0.05, 0.1) is 12.8 Å². The molecule has 3 aromatic rings. The van der Waals surface area contributed by atoms with Crippen molar-refractivity contribution in [2.75, 3.05) is 25.5 Å². The van der Waals surface area contributed by atoms with Crippen molar-refractivity contribution in [1.29, 1.82) is 0 Å². The van der Waals surface area contributed by atoms with E-state index in [1.165, 1.54) is 0 Å². The van der Waals surface area contributed by atoms with Gasteiger partial charge in [0.25, 0.3) is 0 Å². The molecule has 156 valence electrons. The Morgan fingerprint density at radius 1 is 1.23 bits per heavy atom. The van der Waals surface area contributed by atoms with Crippen LogP contribution in [-0.2, 0) is 6.42 Å². The zero-order valence-electron chi connectivity index (χ0n) is 17.3. The fourth-order valence-electron chi connectivity index (χ4n) is 3.88. The normalized spacial score (nSPS) is 16.3. The summed E-state index contributed by atoms with van der Waals surface area (Å²) in [6.07, 6.45) is 2.64. The van der Waals surface area contributed by atoms with Crippen molar-refractivity contribution in [3.8, 4) is 17.1 Å². The summed E-state index contributed by atoms with van der Waals surface area (Å²) in [6.45, 7) is 3.42. The molecular formula is C23H26N4O3. The van der Waals surface area contributed by atoms with Gasteiger partial charge in [0, 0.05) is 25.1 Å². The van der Waals surface area contributed by atoms with Crippen molar-refractivity contribution >= 4 is 11.7 Å². The van der Waals surface area contributed by atoms with E-state index in [0.717, 1.165) is 30.5 Å². The van der Waals surface area contributed by atoms with Crippen LogP contribution in [0.1, 0.15) is 24.3 Å². The molecule has 0 radical (unpaired) electrons. The molecule has 30 heavy (non-hydrogen) atoms. The first-order valence-electron chi connectivity index (χ1n) is 10.2. The largest absolute Gasteiger partial charge is 0.495 e. The Kier molecular flexibility index (Phi) is 5.97. The molecule has 1 aromatic heterocycles. The minimum Gasteiger partial charge on any atom is -0.495 e. The predicted molar refractivity (Wildman–Crippen MR) is 114 cm³/mol. The molecule has 7 heteroatoms. The molecule has 2 heterocycles. The van der Waals surface area contributed by atoms with Gasteiger partial charge in [0.1, 0.15) is 5.75 Å². The van der Waals surface area contributed by atoms with Gasteiger partial charge < -0.3 is 19.5 Å². The molecule has 0 saturated carbocycles. The molecule has 4 rings (SSSR count). The van der Waals surface area contributed by atoms with Crippen molar-refractivity contribution in [3.05, 3.63) is 60.0 Å². The van der Waals surface area contributed by atoms with Crippen molar-refractivity contribution < 1.29 is 14.1 Å². The summed E-state index contributed by atoms with van der Waals surface area (Å²) in [7, 11) is 1.59. The third-order valence-corrected chi connectivity index (χ3v) is 5.47. The highest BCUT2D eigenvalue weighted by molar-refractivity contribution is 5.91. The number of piperidine rings is 1. The average molecular weight is 406 g/mol. The highest BCUT2D eigenvalue weighted by Crippen LogP contribution is 2.26. The van der Waals surface area contributed by atoms with Crippen LogP contribution >= 0.6 is 0 Å². The third-order valence-electron chi connectivity index (χ3n) is 5.47. The first-order chi connectivity index (χ1) is 14.6. The lowest BCUT2D eigenvalue weighted by Gasteiger charge is -2.32. The van der Waals surface area contributed by atoms with Gasteiger partial charge in [-0.2, -0.15) is 4.98 Å². The number of amides is 2. The van der Waals surface area contributed by atoms with E-state index < -0.39 is 0 Å². The summed E-state index contributed by atoms with van der Waals surface area (Å²) in [4.78, 5) is 19.2. The number of carbonyl (C=O) groups excluding carboxylic acids is 1. The van der Waals surface area contributed by atoms with Crippen LogP contribution in [0.5, 0.6) is 5.75 Å². The highest BCUT2D eigenvalue weighted by atomic mass is 16.5. The van der Waals surface area contributed by atoms with E-state index in [2.05, 4.69) is 15.5 Å². The molecule has 1 N–H and O–H groups in total. The quantitative estimate of drug-likeness (QED) is 0.673. The zero-order chi connectivity index (χ0) is 20.9. The van der Waals surface area contributed by atoms with Gasteiger partial charge in [0.15, 0.2) is 0 Å². The standard InChI is InChI=1S/C23H26N4O3/c1-16-8-3-4-10-18(16)22-25-21(30-26-22)14-17-9-7-13-27(15-17)23(28)24-19-11-5-6-12-20(19)29-2/h3-6,8,10-12,17H,7,9,13-15H2,1-2H3,(H,24,28). The second-order valence-corrected chi connectivity index (χ2v) is 7.62. The lowest BCUT2D eigenvalue weighted by Crippen LogP contribution is -2.42. The van der Waals surface area contributed by atoms with Gasteiger partial charge in [0.2, 0.25) is 11.7 Å². The molecule has 0 aliphatic carbocycles. The van der Waals surface area contributed by atoms with Gasteiger partial charge in [-0.3, -0.25) is 0 Å². The number of nitrogens with one attached hydrogen (secondary N) is 1. The van der Waals surface area contributed by atoms with Crippen molar-refractivity contribution in [1.82, 2.24) is 15.0 Å². The monoisotopic (exact) mass is 406 g/mol. The Morgan fingerprint density at radius 2 is 2.03 bits per heavy atom. The number of hydrogen-bond acceptors (Lipinski definition) is 5. The van der Waals surface area contributed by atoms with E-state index in [0.29, 0.717) is 36.1 Å². The number of nitrogens with zero attached hydrogens (tertiary/aromatic N) is 3. The van der Waals surface area contributed by atoms with Crippen LogP contribution in [0.4, 0.5) is 10.5 Å². The molecule has 0 bridgehead atoms. The van der Waals surface area contributed by atoms with Gasteiger partial charge in [-0.15, -0.1) is 0 Å². The Labute approximate surface area is 176 Å². The fourth-order valence-corrected chi connectivity index (χ4v) is 3.88.